The summed E-state index contributed by atoms with van der Waals surface area (Å²) in [7, 11) is 0. The average Bonchev–Trinajstić information content (AvgIpc) is 3.43. The molecule has 0 saturated heterocycles. The van der Waals surface area contributed by atoms with Gasteiger partial charge in [0.1, 0.15) is 11.5 Å². The van der Waals surface area contributed by atoms with Crippen LogP contribution in [0.1, 0.15) is 29.8 Å². The highest BCUT2D eigenvalue weighted by molar-refractivity contribution is 5.80. The van der Waals surface area contributed by atoms with E-state index in [-0.39, 0.29) is 17.3 Å². The van der Waals surface area contributed by atoms with E-state index in [1.807, 2.05) is 85.3 Å². The van der Waals surface area contributed by atoms with Gasteiger partial charge >= 0.3 is 6.18 Å². The van der Waals surface area contributed by atoms with E-state index < -0.39 is 11.7 Å². The zero-order valence-electron chi connectivity index (χ0n) is 23.3. The van der Waals surface area contributed by atoms with Gasteiger partial charge in [-0.05, 0) is 43.7 Å². The van der Waals surface area contributed by atoms with Gasteiger partial charge in [0.15, 0.2) is 5.82 Å². The Labute approximate surface area is 246 Å². The molecule has 0 aliphatic heterocycles. The van der Waals surface area contributed by atoms with Crippen molar-refractivity contribution in [2.45, 2.75) is 26.1 Å². The third kappa shape index (κ3) is 5.99. The molecule has 0 radical (unpaired) electrons. The Bertz CT molecular complexity index is 1870. The summed E-state index contributed by atoms with van der Waals surface area (Å²) < 4.78 is 42.7. The Balaban J connectivity index is 1.48. The fourth-order valence-electron chi connectivity index (χ4n) is 4.81. The minimum Gasteiger partial charge on any atom is -0.348 e. The summed E-state index contributed by atoms with van der Waals surface area (Å²) in [6.45, 7) is 3.88. The predicted octanol–water partition coefficient (Wildman–Crippen LogP) is 7.95. The van der Waals surface area contributed by atoms with Crippen molar-refractivity contribution in [3.8, 4) is 39.7 Å². The fraction of sp³-hybridized carbons (Fsp3) is 0.121. The highest BCUT2D eigenvalue weighted by atomic mass is 19.4. The van der Waals surface area contributed by atoms with Crippen molar-refractivity contribution in [1.29, 1.82) is 0 Å². The number of anilines is 1. The smallest absolute Gasteiger partial charge is 0.348 e. The number of aromatic nitrogens is 6. The monoisotopic (exact) mass is 577 g/mol. The number of hydrogen-bond donors (Lipinski definition) is 1. The summed E-state index contributed by atoms with van der Waals surface area (Å²) in [6.07, 6.45) is -1.06. The van der Waals surface area contributed by atoms with Gasteiger partial charge in [-0.25, -0.2) is 15.0 Å². The highest BCUT2D eigenvalue weighted by Crippen LogP contribution is 2.36. The van der Waals surface area contributed by atoms with E-state index in [0.29, 0.717) is 28.8 Å². The van der Waals surface area contributed by atoms with E-state index >= 15 is 0 Å². The van der Waals surface area contributed by atoms with Crippen LogP contribution in [0.25, 0.3) is 39.7 Å². The molecule has 0 unspecified atom stereocenters. The van der Waals surface area contributed by atoms with Crippen molar-refractivity contribution in [3.63, 3.8) is 0 Å². The molecule has 1 atom stereocenters. The second kappa shape index (κ2) is 11.5. The van der Waals surface area contributed by atoms with Crippen LogP contribution in [0.4, 0.5) is 19.1 Å². The van der Waals surface area contributed by atoms with Gasteiger partial charge in [-0.3, -0.25) is 4.57 Å². The minimum atomic E-state index is -4.51. The van der Waals surface area contributed by atoms with Crippen molar-refractivity contribution in [2.24, 2.45) is 0 Å². The maximum Gasteiger partial charge on any atom is 0.416 e. The van der Waals surface area contributed by atoms with Crippen LogP contribution in [0.5, 0.6) is 0 Å². The Morgan fingerprint density at radius 1 is 0.791 bits per heavy atom. The number of hydrogen-bond acceptors (Lipinski definition) is 6. The number of halogens is 3. The van der Waals surface area contributed by atoms with Crippen LogP contribution in [0.2, 0.25) is 0 Å². The summed E-state index contributed by atoms with van der Waals surface area (Å²) in [5.41, 5.74) is 3.41. The molecule has 6 rings (SSSR count). The van der Waals surface area contributed by atoms with E-state index in [1.165, 1.54) is 6.07 Å². The Morgan fingerprint density at radius 3 is 2.26 bits per heavy atom. The summed E-state index contributed by atoms with van der Waals surface area (Å²) in [6, 6.07) is 27.9. The van der Waals surface area contributed by atoms with Crippen LogP contribution < -0.4 is 5.32 Å². The molecule has 0 saturated carbocycles. The van der Waals surface area contributed by atoms with Gasteiger partial charge in [0.25, 0.3) is 0 Å². The molecule has 3 aromatic carbocycles. The van der Waals surface area contributed by atoms with Crippen molar-refractivity contribution in [2.75, 3.05) is 5.32 Å². The molecule has 0 aliphatic rings. The van der Waals surface area contributed by atoms with Gasteiger partial charge in [0.05, 0.1) is 23.0 Å². The zero-order chi connectivity index (χ0) is 30.0. The Hall–Kier alpha value is -5.38. The van der Waals surface area contributed by atoms with Crippen molar-refractivity contribution in [1.82, 2.24) is 29.7 Å². The van der Waals surface area contributed by atoms with E-state index in [9.17, 15) is 13.2 Å². The molecule has 0 fully saturated rings. The maximum atomic E-state index is 13.6. The number of nitrogens with zero attached hydrogens (tertiary/aromatic N) is 6. The highest BCUT2D eigenvalue weighted by Gasteiger charge is 2.31. The largest absolute Gasteiger partial charge is 0.416 e. The lowest BCUT2D eigenvalue weighted by Crippen LogP contribution is -2.10. The van der Waals surface area contributed by atoms with Crippen LogP contribution in [-0.4, -0.2) is 29.7 Å². The predicted molar refractivity (Wildman–Crippen MR) is 159 cm³/mol. The number of imidazole rings is 1. The zero-order valence-corrected chi connectivity index (χ0v) is 23.3. The van der Waals surface area contributed by atoms with Crippen LogP contribution >= 0.6 is 0 Å². The quantitative estimate of drug-likeness (QED) is 0.207. The van der Waals surface area contributed by atoms with E-state index in [0.717, 1.165) is 29.0 Å². The van der Waals surface area contributed by atoms with Gasteiger partial charge in [0, 0.05) is 29.1 Å². The first kappa shape index (κ1) is 27.8. The Morgan fingerprint density at radius 2 is 1.51 bits per heavy atom. The lowest BCUT2D eigenvalue weighted by atomic mass is 10.0. The third-order valence-corrected chi connectivity index (χ3v) is 6.93. The molecule has 214 valence electrons. The molecule has 1 N–H and O–H groups in total. The van der Waals surface area contributed by atoms with Crippen molar-refractivity contribution >= 4 is 5.95 Å². The molecular formula is C33H26F3N7. The standard InChI is InChI=1S/C33H26F3N7/c1-21-20-43(31(38-21)24-12-7-4-8-13-24)29-19-27(30(42-41-29)25-14-9-15-26(18-25)33(34,35)36)28-16-17-37-32(40-28)39-22(2)23-10-5-3-6-11-23/h3-20,22H,1-2H3,(H,37,39,40)/t22-/m0/s1. The van der Waals surface area contributed by atoms with Crippen LogP contribution in [0.3, 0.4) is 0 Å². The normalized spacial score (nSPS) is 12.2. The summed E-state index contributed by atoms with van der Waals surface area (Å²) >= 11 is 0. The van der Waals surface area contributed by atoms with Gasteiger partial charge in [-0.15, -0.1) is 10.2 Å². The molecule has 7 nitrogen and oxygen atoms in total. The first-order valence-electron chi connectivity index (χ1n) is 13.6. The fourth-order valence-corrected chi connectivity index (χ4v) is 4.81. The van der Waals surface area contributed by atoms with Gasteiger partial charge in [-0.1, -0.05) is 72.8 Å². The molecule has 6 aromatic rings. The topological polar surface area (TPSA) is 81.4 Å². The molecule has 3 heterocycles. The average molecular weight is 578 g/mol. The molecule has 0 bridgehead atoms. The summed E-state index contributed by atoms with van der Waals surface area (Å²) in [5, 5.41) is 12.2. The molecule has 10 heteroatoms. The molecule has 43 heavy (non-hydrogen) atoms. The summed E-state index contributed by atoms with van der Waals surface area (Å²) in [5.74, 6) is 1.47. The van der Waals surface area contributed by atoms with E-state index in [2.05, 4.69) is 25.5 Å². The number of benzene rings is 3. The molecule has 0 amide bonds. The van der Waals surface area contributed by atoms with Crippen LogP contribution in [0.15, 0.2) is 109 Å². The first-order valence-corrected chi connectivity index (χ1v) is 13.6. The number of aryl methyl sites for hydroxylation is 1. The van der Waals surface area contributed by atoms with Gasteiger partial charge in [0.2, 0.25) is 5.95 Å². The van der Waals surface area contributed by atoms with Crippen LogP contribution in [0, 0.1) is 6.92 Å². The number of nitrogens with one attached hydrogen (secondary N) is 1. The molecule has 3 aromatic heterocycles. The van der Waals surface area contributed by atoms with Crippen molar-refractivity contribution < 1.29 is 13.2 Å². The van der Waals surface area contributed by atoms with Gasteiger partial charge in [-0.2, -0.15) is 13.2 Å². The van der Waals surface area contributed by atoms with Gasteiger partial charge < -0.3 is 5.32 Å². The lowest BCUT2D eigenvalue weighted by molar-refractivity contribution is -0.137. The van der Waals surface area contributed by atoms with E-state index in [1.54, 1.807) is 24.4 Å². The minimum absolute atomic E-state index is 0.0899. The van der Waals surface area contributed by atoms with Crippen LogP contribution in [-0.2, 0) is 6.18 Å². The first-order chi connectivity index (χ1) is 20.8. The Kier molecular flexibility index (Phi) is 7.41. The third-order valence-electron chi connectivity index (χ3n) is 6.93. The number of rotatable bonds is 7. The maximum absolute atomic E-state index is 13.6. The molecular weight excluding hydrogens is 551 g/mol. The number of alkyl halides is 3. The second-order valence-electron chi connectivity index (χ2n) is 10.0. The summed E-state index contributed by atoms with van der Waals surface area (Å²) in [4.78, 5) is 13.8. The molecule has 0 spiro atoms. The lowest BCUT2D eigenvalue weighted by Gasteiger charge is -2.16. The SMILES string of the molecule is Cc1cn(-c2cc(-c3ccnc(N[C@@H](C)c4ccccc4)n3)c(-c3cccc(C(F)(F)F)c3)nn2)c(-c2ccccc2)n1. The second-order valence-corrected chi connectivity index (χ2v) is 10.0. The molecule has 0 aliphatic carbocycles. The van der Waals surface area contributed by atoms with Crippen molar-refractivity contribution in [3.05, 3.63) is 126 Å². The van der Waals surface area contributed by atoms with E-state index in [4.69, 9.17) is 4.98 Å².